The molecule has 0 unspecified atom stereocenters. The number of piperidine rings is 1. The predicted molar refractivity (Wildman–Crippen MR) is 94.2 cm³/mol. The van der Waals surface area contributed by atoms with Gasteiger partial charge in [0.1, 0.15) is 0 Å². The predicted octanol–water partition coefficient (Wildman–Crippen LogP) is 4.22. The van der Waals surface area contributed by atoms with Crippen LogP contribution in [0.2, 0.25) is 0 Å². The van der Waals surface area contributed by atoms with Crippen molar-refractivity contribution in [3.8, 4) is 0 Å². The second-order valence-corrected chi connectivity index (χ2v) is 7.97. The molecule has 0 aliphatic carbocycles. The lowest BCUT2D eigenvalue weighted by molar-refractivity contribution is -0.182. The number of benzene rings is 1. The van der Waals surface area contributed by atoms with Gasteiger partial charge in [-0.3, -0.25) is 9.69 Å². The highest BCUT2D eigenvalue weighted by Gasteiger charge is 2.50. The number of ether oxygens (including phenoxy) is 1. The van der Waals surface area contributed by atoms with Gasteiger partial charge in [-0.25, -0.2) is 0 Å². The minimum atomic E-state index is -0.570. The van der Waals surface area contributed by atoms with Crippen LogP contribution in [0.15, 0.2) is 30.3 Å². The fourth-order valence-electron chi connectivity index (χ4n) is 3.58. The average molecular weight is 317 g/mol. The van der Waals surface area contributed by atoms with Crippen molar-refractivity contribution in [2.45, 2.75) is 59.1 Å². The maximum absolute atomic E-state index is 12.2. The minimum Gasteiger partial charge on any atom is -0.452 e. The normalized spacial score (nSPS) is 29.3. The summed E-state index contributed by atoms with van der Waals surface area (Å²) in [5.74, 6) is 0.345. The third kappa shape index (κ3) is 3.60. The second-order valence-electron chi connectivity index (χ2n) is 7.97. The Bertz CT molecular complexity index is 534. The van der Waals surface area contributed by atoms with E-state index in [1.54, 1.807) is 0 Å². The lowest BCUT2D eigenvalue weighted by Gasteiger charge is -2.52. The first-order valence-electron chi connectivity index (χ1n) is 8.68. The Hall–Kier alpha value is -1.35. The molecule has 1 aromatic rings. The van der Waals surface area contributed by atoms with E-state index in [1.807, 2.05) is 25.1 Å². The van der Waals surface area contributed by atoms with E-state index in [-0.39, 0.29) is 17.4 Å². The standard InChI is InChI=1S/C20H31NO2/c1-7-18(22)23-20(16-11-9-8-10-12-16)13-17(19(3,4)5)14-21(6)15(20)2/h8-12,15,17H,7,13-14H2,1-6H3/t15-,17+,20-/m1/s1. The molecule has 1 aliphatic heterocycles. The van der Waals surface area contributed by atoms with Crippen LogP contribution in [0.25, 0.3) is 0 Å². The molecule has 1 aromatic carbocycles. The molecule has 1 fully saturated rings. The highest BCUT2D eigenvalue weighted by atomic mass is 16.6. The van der Waals surface area contributed by atoms with Crippen molar-refractivity contribution in [2.75, 3.05) is 13.6 Å². The largest absolute Gasteiger partial charge is 0.452 e. The number of nitrogens with zero attached hydrogens (tertiary/aromatic N) is 1. The van der Waals surface area contributed by atoms with Gasteiger partial charge in [-0.1, -0.05) is 58.0 Å². The highest BCUT2D eigenvalue weighted by Crippen LogP contribution is 2.47. The summed E-state index contributed by atoms with van der Waals surface area (Å²) in [5.41, 5.74) is 0.710. The zero-order chi connectivity index (χ0) is 17.3. The minimum absolute atomic E-state index is 0.122. The Kier molecular flexibility index (Phi) is 5.20. The van der Waals surface area contributed by atoms with Crippen LogP contribution in [0, 0.1) is 11.3 Å². The van der Waals surface area contributed by atoms with Gasteiger partial charge in [0.25, 0.3) is 0 Å². The molecule has 0 aromatic heterocycles. The third-order valence-electron chi connectivity index (χ3n) is 5.47. The SMILES string of the molecule is CCC(=O)O[C@]1(c2ccccc2)C[C@H](C(C)(C)C)CN(C)[C@@H]1C. The summed E-state index contributed by atoms with van der Waals surface area (Å²) in [4.78, 5) is 14.6. The van der Waals surface area contributed by atoms with Gasteiger partial charge < -0.3 is 4.74 Å². The molecule has 3 heteroatoms. The molecule has 0 spiro atoms. The monoisotopic (exact) mass is 317 g/mol. The van der Waals surface area contributed by atoms with E-state index in [2.05, 4.69) is 51.8 Å². The van der Waals surface area contributed by atoms with Crippen molar-refractivity contribution in [1.82, 2.24) is 4.90 Å². The number of likely N-dealkylation sites (N-methyl/N-ethyl adjacent to an activating group) is 1. The van der Waals surface area contributed by atoms with E-state index in [9.17, 15) is 4.79 Å². The molecule has 0 saturated carbocycles. The van der Waals surface area contributed by atoms with Gasteiger partial charge in [-0.05, 0) is 37.3 Å². The van der Waals surface area contributed by atoms with Crippen molar-refractivity contribution < 1.29 is 9.53 Å². The van der Waals surface area contributed by atoms with E-state index in [1.165, 1.54) is 0 Å². The van der Waals surface area contributed by atoms with Crippen LogP contribution in [-0.4, -0.2) is 30.5 Å². The van der Waals surface area contributed by atoms with Crippen molar-refractivity contribution in [3.05, 3.63) is 35.9 Å². The van der Waals surface area contributed by atoms with Crippen LogP contribution in [0.3, 0.4) is 0 Å². The first-order chi connectivity index (χ1) is 10.7. The number of esters is 1. The first-order valence-corrected chi connectivity index (χ1v) is 8.68. The molecule has 23 heavy (non-hydrogen) atoms. The van der Waals surface area contributed by atoms with E-state index in [0.717, 1.165) is 18.5 Å². The van der Waals surface area contributed by atoms with Crippen LogP contribution < -0.4 is 0 Å². The Morgan fingerprint density at radius 2 is 1.91 bits per heavy atom. The summed E-state index contributed by atoms with van der Waals surface area (Å²) in [5, 5.41) is 0. The highest BCUT2D eigenvalue weighted by molar-refractivity contribution is 5.70. The number of carbonyl (C=O) groups excluding carboxylic acids is 1. The molecule has 0 bridgehead atoms. The summed E-state index contributed by atoms with van der Waals surface area (Å²) in [6.45, 7) is 11.9. The van der Waals surface area contributed by atoms with Crippen LogP contribution >= 0.6 is 0 Å². The van der Waals surface area contributed by atoms with Gasteiger partial charge in [0.2, 0.25) is 0 Å². The summed E-state index contributed by atoms with van der Waals surface area (Å²) in [6.07, 6.45) is 1.28. The fourth-order valence-corrected chi connectivity index (χ4v) is 3.58. The second kappa shape index (κ2) is 6.64. The topological polar surface area (TPSA) is 29.5 Å². The van der Waals surface area contributed by atoms with Crippen LogP contribution in [0.1, 0.15) is 53.0 Å². The maximum atomic E-state index is 12.2. The quantitative estimate of drug-likeness (QED) is 0.782. The molecule has 3 atom stereocenters. The Balaban J connectivity index is 2.51. The molecule has 1 heterocycles. The van der Waals surface area contributed by atoms with Gasteiger partial charge in [0.15, 0.2) is 5.60 Å². The van der Waals surface area contributed by atoms with Crippen molar-refractivity contribution >= 4 is 5.97 Å². The van der Waals surface area contributed by atoms with E-state index in [0.29, 0.717) is 12.3 Å². The third-order valence-corrected chi connectivity index (χ3v) is 5.47. The number of rotatable bonds is 3. The Morgan fingerprint density at radius 3 is 2.43 bits per heavy atom. The van der Waals surface area contributed by atoms with Gasteiger partial charge in [0.05, 0.1) is 6.04 Å². The Morgan fingerprint density at radius 1 is 1.30 bits per heavy atom. The summed E-state index contributed by atoms with van der Waals surface area (Å²) in [7, 11) is 2.14. The number of hydrogen-bond acceptors (Lipinski definition) is 3. The zero-order valence-electron chi connectivity index (χ0n) is 15.4. The van der Waals surface area contributed by atoms with Crippen LogP contribution in [-0.2, 0) is 15.1 Å². The van der Waals surface area contributed by atoms with Crippen LogP contribution in [0.5, 0.6) is 0 Å². The molecular formula is C20H31NO2. The molecule has 2 rings (SSSR count). The summed E-state index contributed by atoms with van der Waals surface area (Å²) in [6, 6.07) is 10.4. The summed E-state index contributed by atoms with van der Waals surface area (Å²) >= 11 is 0. The van der Waals surface area contributed by atoms with E-state index < -0.39 is 5.60 Å². The number of likely N-dealkylation sites (tertiary alicyclic amines) is 1. The van der Waals surface area contributed by atoms with Crippen molar-refractivity contribution in [2.24, 2.45) is 11.3 Å². The zero-order valence-corrected chi connectivity index (χ0v) is 15.4. The molecule has 1 saturated heterocycles. The van der Waals surface area contributed by atoms with Crippen molar-refractivity contribution in [3.63, 3.8) is 0 Å². The molecular weight excluding hydrogens is 286 g/mol. The van der Waals surface area contributed by atoms with Gasteiger partial charge in [-0.2, -0.15) is 0 Å². The average Bonchev–Trinajstić information content (AvgIpc) is 2.51. The number of hydrogen-bond donors (Lipinski definition) is 0. The smallest absolute Gasteiger partial charge is 0.306 e. The lowest BCUT2D eigenvalue weighted by Crippen LogP contribution is -2.58. The summed E-state index contributed by atoms with van der Waals surface area (Å²) < 4.78 is 6.14. The van der Waals surface area contributed by atoms with E-state index in [4.69, 9.17) is 4.74 Å². The maximum Gasteiger partial charge on any atom is 0.306 e. The molecule has 0 radical (unpaired) electrons. The van der Waals surface area contributed by atoms with Crippen molar-refractivity contribution in [1.29, 1.82) is 0 Å². The Labute approximate surface area is 141 Å². The van der Waals surface area contributed by atoms with Gasteiger partial charge in [-0.15, -0.1) is 0 Å². The molecule has 3 nitrogen and oxygen atoms in total. The first kappa shape index (κ1) is 18.0. The van der Waals surface area contributed by atoms with Crippen LogP contribution in [0.4, 0.5) is 0 Å². The van der Waals surface area contributed by atoms with E-state index >= 15 is 0 Å². The fraction of sp³-hybridized carbons (Fsp3) is 0.650. The molecule has 128 valence electrons. The van der Waals surface area contributed by atoms with Gasteiger partial charge in [0, 0.05) is 13.0 Å². The molecule has 1 aliphatic rings. The number of carbonyl (C=O) groups is 1. The molecule has 0 amide bonds. The lowest BCUT2D eigenvalue weighted by atomic mass is 9.67. The molecule has 0 N–H and O–H groups in total. The van der Waals surface area contributed by atoms with Gasteiger partial charge >= 0.3 is 5.97 Å².